The summed E-state index contributed by atoms with van der Waals surface area (Å²) in [5.74, 6) is 2.36. The van der Waals surface area contributed by atoms with E-state index in [4.69, 9.17) is 5.26 Å². The Bertz CT molecular complexity index is 914. The predicted molar refractivity (Wildman–Crippen MR) is 123 cm³/mol. The van der Waals surface area contributed by atoms with Crippen LogP contribution < -0.4 is 4.31 Å². The van der Waals surface area contributed by atoms with Gasteiger partial charge < -0.3 is 0 Å². The molecule has 29 heavy (non-hydrogen) atoms. The molecule has 1 aliphatic rings. The first-order valence-corrected chi connectivity index (χ1v) is 11.5. The van der Waals surface area contributed by atoms with Gasteiger partial charge in [-0.05, 0) is 61.1 Å². The van der Waals surface area contributed by atoms with Gasteiger partial charge in [0.2, 0.25) is 0 Å². The SMILES string of the molecule is C=C(CC)c1ccc(CN(c2cccc(C)c2)S(=O)C2CCB(C#N)CC2)nc1. The lowest BCUT2D eigenvalue weighted by atomic mass is 9.43. The van der Waals surface area contributed by atoms with Crippen molar-refractivity contribution < 1.29 is 4.21 Å². The molecule has 3 rings (SSSR count). The highest BCUT2D eigenvalue weighted by Gasteiger charge is 2.31. The van der Waals surface area contributed by atoms with Crippen molar-refractivity contribution in [2.45, 2.75) is 57.5 Å². The summed E-state index contributed by atoms with van der Waals surface area (Å²) in [5, 5.41) is 9.24. The third-order valence-electron chi connectivity index (χ3n) is 5.61. The van der Waals surface area contributed by atoms with E-state index in [1.165, 1.54) is 0 Å². The molecule has 0 N–H and O–H groups in total. The van der Waals surface area contributed by atoms with Gasteiger partial charge in [-0.3, -0.25) is 9.29 Å². The van der Waals surface area contributed by atoms with Gasteiger partial charge in [0.1, 0.15) is 11.0 Å². The summed E-state index contributed by atoms with van der Waals surface area (Å²) in [4.78, 5) is 4.61. The first-order chi connectivity index (χ1) is 14.0. The normalized spacial score (nSPS) is 15.6. The van der Waals surface area contributed by atoms with E-state index in [-0.39, 0.29) is 12.0 Å². The fraction of sp³-hybridized carbons (Fsp3) is 0.391. The van der Waals surface area contributed by atoms with Crippen LogP contribution in [0.2, 0.25) is 12.6 Å². The van der Waals surface area contributed by atoms with Crippen LogP contribution >= 0.6 is 0 Å². The summed E-state index contributed by atoms with van der Waals surface area (Å²) < 4.78 is 15.5. The maximum atomic E-state index is 13.5. The second-order valence-electron chi connectivity index (χ2n) is 7.75. The van der Waals surface area contributed by atoms with Gasteiger partial charge in [0, 0.05) is 17.9 Å². The number of aryl methyl sites for hydroxylation is 1. The fourth-order valence-electron chi connectivity index (χ4n) is 3.69. The molecule has 0 bridgehead atoms. The van der Waals surface area contributed by atoms with Crippen molar-refractivity contribution >= 4 is 29.0 Å². The van der Waals surface area contributed by atoms with Crippen LogP contribution in [0.25, 0.3) is 5.57 Å². The molecular weight excluding hydrogens is 377 g/mol. The third-order valence-corrected chi connectivity index (χ3v) is 7.43. The lowest BCUT2D eigenvalue weighted by molar-refractivity contribution is 0.644. The molecule has 6 heteroatoms. The minimum absolute atomic E-state index is 0.0826. The van der Waals surface area contributed by atoms with E-state index in [1.54, 1.807) is 0 Å². The third kappa shape index (κ3) is 5.36. The Morgan fingerprint density at radius 1 is 1.34 bits per heavy atom. The second-order valence-corrected chi connectivity index (χ2v) is 9.41. The van der Waals surface area contributed by atoms with Crippen molar-refractivity contribution in [3.8, 4) is 5.97 Å². The lowest BCUT2D eigenvalue weighted by Crippen LogP contribution is -2.36. The van der Waals surface area contributed by atoms with Crippen LogP contribution in [0.4, 0.5) is 5.69 Å². The van der Waals surface area contributed by atoms with E-state index < -0.39 is 11.0 Å². The van der Waals surface area contributed by atoms with Crippen LogP contribution in [0.1, 0.15) is 43.0 Å². The molecule has 1 aromatic heterocycles. The average Bonchev–Trinajstić information content (AvgIpc) is 2.77. The van der Waals surface area contributed by atoms with Gasteiger partial charge in [0.25, 0.3) is 6.71 Å². The number of anilines is 1. The minimum atomic E-state index is -1.17. The van der Waals surface area contributed by atoms with E-state index in [0.717, 1.165) is 60.0 Å². The van der Waals surface area contributed by atoms with Gasteiger partial charge in [-0.25, -0.2) is 9.47 Å². The van der Waals surface area contributed by atoms with Crippen molar-refractivity contribution in [1.29, 1.82) is 5.26 Å². The van der Waals surface area contributed by atoms with Gasteiger partial charge >= 0.3 is 0 Å². The average molecular weight is 405 g/mol. The number of pyridine rings is 1. The van der Waals surface area contributed by atoms with Crippen LogP contribution in [0, 0.1) is 18.2 Å². The lowest BCUT2D eigenvalue weighted by Gasteiger charge is -2.30. The van der Waals surface area contributed by atoms with E-state index in [2.05, 4.69) is 30.5 Å². The molecule has 0 radical (unpaired) electrons. The second kappa shape index (κ2) is 9.89. The highest BCUT2D eigenvalue weighted by atomic mass is 32.2. The summed E-state index contributed by atoms with van der Waals surface area (Å²) >= 11 is 0. The van der Waals surface area contributed by atoms with Gasteiger partial charge in [-0.15, -0.1) is 0 Å². The zero-order chi connectivity index (χ0) is 20.8. The monoisotopic (exact) mass is 405 g/mol. The molecule has 0 amide bonds. The molecule has 2 aromatic rings. The van der Waals surface area contributed by atoms with E-state index >= 15 is 0 Å². The molecular formula is C23H28BN3OS. The largest absolute Gasteiger partial charge is 0.286 e. The summed E-state index contributed by atoms with van der Waals surface area (Å²) in [6, 6.07) is 12.2. The Labute approximate surface area is 177 Å². The number of allylic oxidation sites excluding steroid dienone is 1. The van der Waals surface area contributed by atoms with Crippen LogP contribution in [-0.2, 0) is 17.5 Å². The Morgan fingerprint density at radius 2 is 2.10 bits per heavy atom. The number of hydrogen-bond acceptors (Lipinski definition) is 3. The molecule has 1 fully saturated rings. The molecule has 1 aliphatic heterocycles. The quantitative estimate of drug-likeness (QED) is 0.595. The molecule has 1 unspecified atom stereocenters. The Kier molecular flexibility index (Phi) is 7.27. The smallest absolute Gasteiger partial charge is 0.267 e. The predicted octanol–water partition coefficient (Wildman–Crippen LogP) is 5.20. The van der Waals surface area contributed by atoms with Crippen LogP contribution in [0.5, 0.6) is 0 Å². The van der Waals surface area contributed by atoms with E-state index in [9.17, 15) is 4.21 Å². The van der Waals surface area contributed by atoms with Crippen LogP contribution in [-0.4, -0.2) is 21.2 Å². The highest BCUT2D eigenvalue weighted by molar-refractivity contribution is 7.87. The van der Waals surface area contributed by atoms with Gasteiger partial charge in [0.15, 0.2) is 0 Å². The molecule has 1 atom stereocenters. The molecule has 2 heterocycles. The molecule has 1 aromatic carbocycles. The summed E-state index contributed by atoms with van der Waals surface area (Å²) in [5.41, 5.74) is 5.10. The van der Waals surface area contributed by atoms with E-state index in [1.807, 2.05) is 47.8 Å². The number of nitrogens with zero attached hydrogens (tertiary/aromatic N) is 3. The summed E-state index contributed by atoms with van der Waals surface area (Å²) in [6.07, 6.45) is 6.08. The Balaban J connectivity index is 1.83. The summed E-state index contributed by atoms with van der Waals surface area (Å²) in [7, 11) is -1.17. The number of nitriles is 1. The van der Waals surface area contributed by atoms with Crippen LogP contribution in [0.3, 0.4) is 0 Å². The maximum absolute atomic E-state index is 13.5. The number of hydrogen-bond donors (Lipinski definition) is 0. The van der Waals surface area contributed by atoms with Crippen molar-refractivity contribution in [1.82, 2.24) is 4.98 Å². The number of benzene rings is 1. The first kappa shape index (κ1) is 21.3. The molecule has 4 nitrogen and oxygen atoms in total. The minimum Gasteiger partial charge on any atom is -0.286 e. The standard InChI is InChI=1S/C23H28BN3OS/c1-4-19(3)20-8-9-21(26-15-20)16-27(22-7-5-6-18(2)14-22)29(28)23-10-12-24(17-25)13-11-23/h5-9,14-15,23H,3-4,10-13,16H2,1-2H3. The van der Waals surface area contributed by atoms with Crippen molar-refractivity contribution in [3.63, 3.8) is 0 Å². The van der Waals surface area contributed by atoms with Gasteiger partial charge in [0.05, 0.1) is 17.5 Å². The maximum Gasteiger partial charge on any atom is 0.267 e. The summed E-state index contributed by atoms with van der Waals surface area (Å²) in [6.45, 7) is 8.80. The van der Waals surface area contributed by atoms with Crippen LogP contribution in [0.15, 0.2) is 49.2 Å². The molecule has 150 valence electrons. The zero-order valence-electron chi connectivity index (χ0n) is 17.3. The van der Waals surface area contributed by atoms with E-state index in [0.29, 0.717) is 6.54 Å². The highest BCUT2D eigenvalue weighted by Crippen LogP contribution is 2.29. The number of rotatable bonds is 7. The van der Waals surface area contributed by atoms with Crippen molar-refractivity contribution in [2.75, 3.05) is 4.31 Å². The Morgan fingerprint density at radius 3 is 2.69 bits per heavy atom. The molecule has 0 aliphatic carbocycles. The number of aromatic nitrogens is 1. The zero-order valence-corrected chi connectivity index (χ0v) is 18.1. The van der Waals surface area contributed by atoms with Gasteiger partial charge in [-0.2, -0.15) is 0 Å². The fourth-order valence-corrected chi connectivity index (χ4v) is 5.31. The van der Waals surface area contributed by atoms with Gasteiger partial charge in [-0.1, -0.05) is 44.3 Å². The Hall–Kier alpha value is -2.39. The molecule has 0 saturated carbocycles. The first-order valence-electron chi connectivity index (χ1n) is 10.3. The van der Waals surface area contributed by atoms with Crippen molar-refractivity contribution in [3.05, 3.63) is 66.0 Å². The molecule has 1 saturated heterocycles. The topological polar surface area (TPSA) is 57.0 Å². The van der Waals surface area contributed by atoms with Crippen molar-refractivity contribution in [2.24, 2.45) is 0 Å². The molecule has 0 spiro atoms.